The summed E-state index contributed by atoms with van der Waals surface area (Å²) in [5, 5.41) is 0. The van der Waals surface area contributed by atoms with Gasteiger partial charge in [-0.25, -0.2) is 4.98 Å². The van der Waals surface area contributed by atoms with E-state index in [1.807, 2.05) is 38.1 Å². The zero-order valence-electron chi connectivity index (χ0n) is 9.64. The molecule has 0 aliphatic carbocycles. The molecule has 2 aromatic rings. The maximum Gasteiger partial charge on any atom is 0.173 e. The number of aryl methyl sites for hydroxylation is 2. The molecular formula is C12H12N2OS2. The number of thioether (sulfide) groups is 1. The highest BCUT2D eigenvalue weighted by Crippen LogP contribution is 2.21. The van der Waals surface area contributed by atoms with Crippen LogP contribution in [0, 0.1) is 13.8 Å². The summed E-state index contributed by atoms with van der Waals surface area (Å²) >= 11 is 2.79. The Balaban J connectivity index is 2.01. The SMILES string of the molecule is Cc1nsc(SCC(=O)c2ccccc2C)n1. The van der Waals surface area contributed by atoms with Crippen molar-refractivity contribution in [2.24, 2.45) is 0 Å². The van der Waals surface area contributed by atoms with Gasteiger partial charge in [0.15, 0.2) is 10.1 Å². The third-order valence-electron chi connectivity index (χ3n) is 2.28. The van der Waals surface area contributed by atoms with Crippen LogP contribution in [0.15, 0.2) is 28.6 Å². The highest BCUT2D eigenvalue weighted by molar-refractivity contribution is 8.01. The van der Waals surface area contributed by atoms with Crippen molar-refractivity contribution in [2.45, 2.75) is 18.2 Å². The molecule has 0 aliphatic rings. The number of carbonyl (C=O) groups is 1. The van der Waals surface area contributed by atoms with Crippen LogP contribution in [0.5, 0.6) is 0 Å². The van der Waals surface area contributed by atoms with Gasteiger partial charge in [0.25, 0.3) is 0 Å². The lowest BCUT2D eigenvalue weighted by molar-refractivity contribution is 0.102. The summed E-state index contributed by atoms with van der Waals surface area (Å²) in [6.07, 6.45) is 0. The van der Waals surface area contributed by atoms with Crippen molar-refractivity contribution in [1.82, 2.24) is 9.36 Å². The van der Waals surface area contributed by atoms with Crippen molar-refractivity contribution in [3.8, 4) is 0 Å². The van der Waals surface area contributed by atoms with Gasteiger partial charge in [0.2, 0.25) is 0 Å². The van der Waals surface area contributed by atoms with E-state index in [4.69, 9.17) is 0 Å². The van der Waals surface area contributed by atoms with Crippen molar-refractivity contribution in [3.63, 3.8) is 0 Å². The third kappa shape index (κ3) is 3.14. The summed E-state index contributed by atoms with van der Waals surface area (Å²) in [5.41, 5.74) is 1.81. The fourth-order valence-electron chi connectivity index (χ4n) is 1.43. The van der Waals surface area contributed by atoms with E-state index in [1.54, 1.807) is 0 Å². The maximum atomic E-state index is 12.0. The topological polar surface area (TPSA) is 42.9 Å². The third-order valence-corrected chi connectivity index (χ3v) is 4.21. The van der Waals surface area contributed by atoms with E-state index in [9.17, 15) is 4.79 Å². The van der Waals surface area contributed by atoms with Crippen molar-refractivity contribution in [2.75, 3.05) is 5.75 Å². The van der Waals surface area contributed by atoms with E-state index in [0.717, 1.165) is 21.3 Å². The van der Waals surface area contributed by atoms with Crippen molar-refractivity contribution in [1.29, 1.82) is 0 Å². The molecule has 0 aliphatic heterocycles. The fraction of sp³-hybridized carbons (Fsp3) is 0.250. The molecular weight excluding hydrogens is 252 g/mol. The Labute approximate surface area is 108 Å². The first-order chi connectivity index (χ1) is 8.16. The predicted molar refractivity (Wildman–Crippen MR) is 70.9 cm³/mol. The quantitative estimate of drug-likeness (QED) is 0.628. The molecule has 0 N–H and O–H groups in total. The standard InChI is InChI=1S/C12H12N2OS2/c1-8-5-3-4-6-10(8)11(15)7-16-12-13-9(2)14-17-12/h3-6H,7H2,1-2H3. The number of benzene rings is 1. The van der Waals surface area contributed by atoms with Crippen LogP contribution in [0.2, 0.25) is 0 Å². The number of aromatic nitrogens is 2. The summed E-state index contributed by atoms with van der Waals surface area (Å²) in [6.45, 7) is 3.80. The Morgan fingerprint density at radius 3 is 2.76 bits per heavy atom. The molecule has 2 rings (SSSR count). The fourth-order valence-corrected chi connectivity index (χ4v) is 2.96. The van der Waals surface area contributed by atoms with Gasteiger partial charge < -0.3 is 0 Å². The molecule has 17 heavy (non-hydrogen) atoms. The van der Waals surface area contributed by atoms with Crippen LogP contribution >= 0.6 is 23.3 Å². The van der Waals surface area contributed by atoms with Gasteiger partial charge in [0.1, 0.15) is 5.82 Å². The smallest absolute Gasteiger partial charge is 0.173 e. The Morgan fingerprint density at radius 1 is 1.35 bits per heavy atom. The molecule has 0 saturated carbocycles. The van der Waals surface area contributed by atoms with Gasteiger partial charge in [-0.15, -0.1) is 0 Å². The second-order valence-corrected chi connectivity index (χ2v) is 5.61. The van der Waals surface area contributed by atoms with Crippen LogP contribution in [0.25, 0.3) is 0 Å². The average molecular weight is 264 g/mol. The van der Waals surface area contributed by atoms with Gasteiger partial charge in [0.05, 0.1) is 5.75 Å². The molecule has 0 radical (unpaired) electrons. The minimum absolute atomic E-state index is 0.140. The lowest BCUT2D eigenvalue weighted by Crippen LogP contribution is -2.04. The minimum Gasteiger partial charge on any atom is -0.293 e. The Hall–Kier alpha value is -1.20. The molecule has 1 aromatic heterocycles. The molecule has 3 nitrogen and oxygen atoms in total. The van der Waals surface area contributed by atoms with E-state index in [2.05, 4.69) is 9.36 Å². The normalized spacial score (nSPS) is 10.5. The van der Waals surface area contributed by atoms with E-state index >= 15 is 0 Å². The largest absolute Gasteiger partial charge is 0.293 e. The minimum atomic E-state index is 0.140. The number of hydrogen-bond acceptors (Lipinski definition) is 5. The van der Waals surface area contributed by atoms with Gasteiger partial charge in [0, 0.05) is 5.56 Å². The lowest BCUT2D eigenvalue weighted by atomic mass is 10.1. The average Bonchev–Trinajstić information content (AvgIpc) is 2.73. The molecule has 0 bridgehead atoms. The molecule has 0 unspecified atom stereocenters. The number of carbonyl (C=O) groups excluding carboxylic acids is 1. The molecule has 5 heteroatoms. The van der Waals surface area contributed by atoms with Gasteiger partial charge >= 0.3 is 0 Å². The highest BCUT2D eigenvalue weighted by atomic mass is 32.2. The molecule has 1 heterocycles. The highest BCUT2D eigenvalue weighted by Gasteiger charge is 2.10. The van der Waals surface area contributed by atoms with Crippen LogP contribution in [-0.2, 0) is 0 Å². The lowest BCUT2D eigenvalue weighted by Gasteiger charge is -2.02. The summed E-state index contributed by atoms with van der Waals surface area (Å²) in [4.78, 5) is 16.2. The monoisotopic (exact) mass is 264 g/mol. The van der Waals surface area contributed by atoms with Crippen molar-refractivity contribution in [3.05, 3.63) is 41.2 Å². The number of hydrogen-bond donors (Lipinski definition) is 0. The van der Waals surface area contributed by atoms with Gasteiger partial charge in [-0.3, -0.25) is 4.79 Å². The summed E-state index contributed by atoms with van der Waals surface area (Å²) in [6, 6.07) is 7.64. The zero-order valence-corrected chi connectivity index (χ0v) is 11.3. The van der Waals surface area contributed by atoms with E-state index in [0.29, 0.717) is 5.75 Å². The van der Waals surface area contributed by atoms with Crippen LogP contribution in [0.4, 0.5) is 0 Å². The molecule has 1 aromatic carbocycles. The van der Waals surface area contributed by atoms with E-state index in [1.165, 1.54) is 23.3 Å². The summed E-state index contributed by atoms with van der Waals surface area (Å²) in [7, 11) is 0. The van der Waals surface area contributed by atoms with Gasteiger partial charge in [-0.05, 0) is 30.9 Å². The molecule has 0 saturated heterocycles. The first kappa shape index (κ1) is 12.3. The Kier molecular flexibility index (Phi) is 3.91. The van der Waals surface area contributed by atoms with Crippen molar-refractivity contribution < 1.29 is 4.79 Å². The molecule has 88 valence electrons. The molecule has 0 atom stereocenters. The van der Waals surface area contributed by atoms with E-state index < -0.39 is 0 Å². The Morgan fingerprint density at radius 2 is 2.12 bits per heavy atom. The predicted octanol–water partition coefficient (Wildman–Crippen LogP) is 3.13. The molecule has 0 amide bonds. The van der Waals surface area contributed by atoms with Crippen LogP contribution in [-0.4, -0.2) is 20.9 Å². The van der Waals surface area contributed by atoms with E-state index in [-0.39, 0.29) is 5.78 Å². The van der Waals surface area contributed by atoms with Gasteiger partial charge in [-0.1, -0.05) is 36.0 Å². The van der Waals surface area contributed by atoms with Crippen LogP contribution in [0.3, 0.4) is 0 Å². The van der Waals surface area contributed by atoms with Gasteiger partial charge in [-0.2, -0.15) is 4.37 Å². The Bertz CT molecular complexity index is 537. The number of Topliss-reactive ketones (excluding diaryl/α,β-unsaturated/α-hetero) is 1. The zero-order chi connectivity index (χ0) is 12.3. The first-order valence-corrected chi connectivity index (χ1v) is 6.94. The van der Waals surface area contributed by atoms with Crippen molar-refractivity contribution >= 4 is 29.1 Å². The first-order valence-electron chi connectivity index (χ1n) is 5.19. The number of nitrogens with zero attached hydrogens (tertiary/aromatic N) is 2. The molecule has 0 spiro atoms. The second-order valence-electron chi connectivity index (χ2n) is 3.63. The number of ketones is 1. The van der Waals surface area contributed by atoms with Crippen LogP contribution < -0.4 is 0 Å². The summed E-state index contributed by atoms with van der Waals surface area (Å²) in [5.74, 6) is 1.32. The second kappa shape index (κ2) is 5.42. The number of rotatable bonds is 4. The molecule has 0 fully saturated rings. The van der Waals surface area contributed by atoms with Crippen LogP contribution in [0.1, 0.15) is 21.7 Å². The summed E-state index contributed by atoms with van der Waals surface area (Å²) < 4.78 is 4.93. The maximum absolute atomic E-state index is 12.0.